The molecular formula is C14H16BrN3S. The third-order valence-corrected chi connectivity index (χ3v) is 3.90. The van der Waals surface area contributed by atoms with Crippen LogP contribution >= 0.6 is 27.7 Å². The molecule has 0 amide bonds. The molecule has 0 saturated carbocycles. The summed E-state index contributed by atoms with van der Waals surface area (Å²) in [6.45, 7) is 2.14. The van der Waals surface area contributed by atoms with Crippen molar-refractivity contribution >= 4 is 33.5 Å². The van der Waals surface area contributed by atoms with E-state index >= 15 is 0 Å². The zero-order valence-electron chi connectivity index (χ0n) is 11.0. The predicted molar refractivity (Wildman–Crippen MR) is 83.8 cm³/mol. The van der Waals surface area contributed by atoms with Crippen LogP contribution in [0.4, 0.5) is 5.82 Å². The number of hydrogen-bond acceptors (Lipinski definition) is 4. The number of benzene rings is 1. The van der Waals surface area contributed by atoms with E-state index in [1.165, 1.54) is 0 Å². The van der Waals surface area contributed by atoms with Crippen LogP contribution in [0.25, 0.3) is 0 Å². The van der Waals surface area contributed by atoms with Gasteiger partial charge in [-0.2, -0.15) is 0 Å². The number of anilines is 1. The first-order valence-corrected chi connectivity index (χ1v) is 7.81. The Morgan fingerprint density at radius 2 is 2.11 bits per heavy atom. The highest BCUT2D eigenvalue weighted by atomic mass is 79.9. The quantitative estimate of drug-likeness (QED) is 0.821. The van der Waals surface area contributed by atoms with Crippen LogP contribution in [0.15, 0.2) is 44.7 Å². The number of hydrogen-bond donors (Lipinski definition) is 1. The van der Waals surface area contributed by atoms with Crippen molar-refractivity contribution in [3.63, 3.8) is 0 Å². The molecule has 0 aliphatic rings. The lowest BCUT2D eigenvalue weighted by Crippen LogP contribution is -2.01. The Balaban J connectivity index is 2.26. The highest BCUT2D eigenvalue weighted by molar-refractivity contribution is 9.10. The fourth-order valence-corrected chi connectivity index (χ4v) is 3.09. The summed E-state index contributed by atoms with van der Waals surface area (Å²) >= 11 is 5.13. The minimum Gasteiger partial charge on any atom is -0.373 e. The van der Waals surface area contributed by atoms with Crippen molar-refractivity contribution in [3.05, 3.63) is 40.6 Å². The van der Waals surface area contributed by atoms with Crippen molar-refractivity contribution in [2.45, 2.75) is 29.7 Å². The summed E-state index contributed by atoms with van der Waals surface area (Å²) in [7, 11) is 1.88. The molecule has 1 heterocycles. The normalized spacial score (nSPS) is 10.5. The van der Waals surface area contributed by atoms with Crippen LogP contribution in [0.3, 0.4) is 0 Å². The fraction of sp³-hybridized carbons (Fsp3) is 0.286. The zero-order valence-corrected chi connectivity index (χ0v) is 13.4. The van der Waals surface area contributed by atoms with Gasteiger partial charge >= 0.3 is 0 Å². The van der Waals surface area contributed by atoms with Gasteiger partial charge < -0.3 is 5.32 Å². The van der Waals surface area contributed by atoms with Crippen LogP contribution in [-0.4, -0.2) is 17.0 Å². The van der Waals surface area contributed by atoms with E-state index in [4.69, 9.17) is 0 Å². The lowest BCUT2D eigenvalue weighted by atomic mass is 10.3. The molecule has 1 aromatic heterocycles. The number of nitrogens with zero attached hydrogens (tertiary/aromatic N) is 2. The van der Waals surface area contributed by atoms with Gasteiger partial charge in [-0.3, -0.25) is 0 Å². The van der Waals surface area contributed by atoms with Crippen LogP contribution in [0.1, 0.15) is 19.2 Å². The van der Waals surface area contributed by atoms with Crippen molar-refractivity contribution in [2.24, 2.45) is 0 Å². The molecular weight excluding hydrogens is 322 g/mol. The lowest BCUT2D eigenvalue weighted by molar-refractivity contribution is 0.811. The van der Waals surface area contributed by atoms with Crippen molar-refractivity contribution in [3.8, 4) is 0 Å². The monoisotopic (exact) mass is 337 g/mol. The molecule has 0 spiro atoms. The van der Waals surface area contributed by atoms with Gasteiger partial charge in [-0.1, -0.05) is 40.7 Å². The number of halogens is 1. The van der Waals surface area contributed by atoms with E-state index in [0.29, 0.717) is 0 Å². The predicted octanol–water partition coefficient (Wildman–Crippen LogP) is 4.38. The molecule has 0 aliphatic carbocycles. The summed E-state index contributed by atoms with van der Waals surface area (Å²) < 4.78 is 1.08. The molecule has 0 bridgehead atoms. The molecule has 2 aromatic rings. The number of nitrogens with one attached hydrogen (secondary N) is 1. The first kappa shape index (κ1) is 14.3. The summed E-state index contributed by atoms with van der Waals surface area (Å²) in [6.07, 6.45) is 1.95. The first-order chi connectivity index (χ1) is 9.21. The molecule has 0 unspecified atom stereocenters. The summed E-state index contributed by atoms with van der Waals surface area (Å²) in [5.74, 6) is 1.77. The van der Waals surface area contributed by atoms with Crippen molar-refractivity contribution < 1.29 is 0 Å². The minimum absolute atomic E-state index is 0.871. The molecule has 19 heavy (non-hydrogen) atoms. The molecule has 0 aliphatic heterocycles. The third kappa shape index (κ3) is 4.21. The van der Waals surface area contributed by atoms with Crippen molar-refractivity contribution in [2.75, 3.05) is 12.4 Å². The molecule has 2 rings (SSSR count). The van der Waals surface area contributed by atoms with Gasteiger partial charge in [-0.25, -0.2) is 9.97 Å². The Bertz CT molecular complexity index is 560. The second-order valence-corrected chi connectivity index (χ2v) is 6.08. The summed E-state index contributed by atoms with van der Waals surface area (Å²) in [5, 5.41) is 4.06. The second-order valence-electron chi connectivity index (χ2n) is 4.07. The van der Waals surface area contributed by atoms with Crippen LogP contribution < -0.4 is 5.32 Å². The maximum atomic E-state index is 4.59. The fourth-order valence-electron chi connectivity index (χ4n) is 1.64. The Labute approximate surface area is 126 Å². The summed E-state index contributed by atoms with van der Waals surface area (Å²) in [6, 6.07) is 10.2. The van der Waals surface area contributed by atoms with E-state index in [2.05, 4.69) is 50.3 Å². The van der Waals surface area contributed by atoms with Gasteiger partial charge in [0.05, 0.1) is 0 Å². The van der Waals surface area contributed by atoms with Gasteiger partial charge in [-0.05, 0) is 24.6 Å². The van der Waals surface area contributed by atoms with Gasteiger partial charge in [0.25, 0.3) is 0 Å². The molecule has 3 nitrogen and oxygen atoms in total. The van der Waals surface area contributed by atoms with Crippen LogP contribution in [0.5, 0.6) is 0 Å². The first-order valence-electron chi connectivity index (χ1n) is 6.20. The number of aryl methyl sites for hydroxylation is 1. The standard InChI is InChI=1S/C14H16BrN3S/c1-3-5-12-17-13(16-2)9-14(18-12)19-11-7-4-6-10(15)8-11/h4,6-9H,3,5H2,1-2H3,(H,16,17,18). The maximum absolute atomic E-state index is 4.59. The van der Waals surface area contributed by atoms with Gasteiger partial charge in [0.2, 0.25) is 0 Å². The van der Waals surface area contributed by atoms with Gasteiger partial charge in [0, 0.05) is 28.9 Å². The van der Waals surface area contributed by atoms with Crippen LogP contribution in [-0.2, 0) is 6.42 Å². The van der Waals surface area contributed by atoms with Gasteiger partial charge in [0.15, 0.2) is 0 Å². The minimum atomic E-state index is 0.871. The van der Waals surface area contributed by atoms with Crippen LogP contribution in [0.2, 0.25) is 0 Å². The molecule has 0 fully saturated rings. The van der Waals surface area contributed by atoms with Gasteiger partial charge in [-0.15, -0.1) is 0 Å². The van der Waals surface area contributed by atoms with Crippen molar-refractivity contribution in [1.82, 2.24) is 9.97 Å². The molecule has 5 heteroatoms. The molecule has 100 valence electrons. The largest absolute Gasteiger partial charge is 0.373 e. The summed E-state index contributed by atoms with van der Waals surface area (Å²) in [4.78, 5) is 10.2. The van der Waals surface area contributed by atoms with E-state index in [1.807, 2.05) is 25.2 Å². The molecule has 1 N–H and O–H groups in total. The third-order valence-electron chi connectivity index (χ3n) is 2.50. The topological polar surface area (TPSA) is 37.8 Å². The molecule has 1 aromatic carbocycles. The smallest absolute Gasteiger partial charge is 0.132 e. The van der Waals surface area contributed by atoms with Gasteiger partial charge in [0.1, 0.15) is 16.7 Å². The average molecular weight is 338 g/mol. The van der Waals surface area contributed by atoms with E-state index in [9.17, 15) is 0 Å². The maximum Gasteiger partial charge on any atom is 0.132 e. The summed E-state index contributed by atoms with van der Waals surface area (Å²) in [5.41, 5.74) is 0. The van der Waals surface area contributed by atoms with E-state index in [-0.39, 0.29) is 0 Å². The van der Waals surface area contributed by atoms with Crippen molar-refractivity contribution in [1.29, 1.82) is 0 Å². The van der Waals surface area contributed by atoms with E-state index in [1.54, 1.807) is 11.8 Å². The second kappa shape index (κ2) is 6.91. The number of rotatable bonds is 5. The van der Waals surface area contributed by atoms with E-state index < -0.39 is 0 Å². The highest BCUT2D eigenvalue weighted by Gasteiger charge is 2.05. The Morgan fingerprint density at radius 3 is 2.79 bits per heavy atom. The Hall–Kier alpha value is -1.07. The highest BCUT2D eigenvalue weighted by Crippen LogP contribution is 2.29. The SMILES string of the molecule is CCCc1nc(NC)cc(Sc2cccc(Br)c2)n1. The van der Waals surface area contributed by atoms with Crippen LogP contribution in [0, 0.1) is 0 Å². The van der Waals surface area contributed by atoms with E-state index in [0.717, 1.165) is 38.9 Å². The Morgan fingerprint density at radius 1 is 1.26 bits per heavy atom. The zero-order chi connectivity index (χ0) is 13.7. The Kier molecular flexibility index (Phi) is 5.22. The lowest BCUT2D eigenvalue weighted by Gasteiger charge is -2.07. The average Bonchev–Trinajstić information content (AvgIpc) is 2.39. The molecule has 0 saturated heterocycles. The molecule has 0 radical (unpaired) electrons. The number of aromatic nitrogens is 2. The molecule has 0 atom stereocenters.